The molecule has 0 amide bonds. The highest BCUT2D eigenvalue weighted by atomic mass is 32.2. The van der Waals surface area contributed by atoms with Gasteiger partial charge in [0, 0.05) is 4.90 Å². The van der Waals surface area contributed by atoms with E-state index >= 15 is 0 Å². The summed E-state index contributed by atoms with van der Waals surface area (Å²) in [6.07, 6.45) is 1.08. The Bertz CT molecular complexity index is 366. The van der Waals surface area contributed by atoms with Crippen LogP contribution >= 0.6 is 11.8 Å². The number of hydrogen-bond acceptors (Lipinski definition) is 2. The Morgan fingerprint density at radius 1 is 1.31 bits per heavy atom. The minimum absolute atomic E-state index is 0.297. The van der Waals surface area contributed by atoms with E-state index in [9.17, 15) is 4.79 Å². The molecular weight excluding hydrogens is 220 g/mol. The van der Waals surface area contributed by atoms with Crippen molar-refractivity contribution in [1.29, 1.82) is 0 Å². The van der Waals surface area contributed by atoms with Gasteiger partial charge in [0.15, 0.2) is 0 Å². The number of hydrogen-bond donors (Lipinski definition) is 1. The zero-order valence-corrected chi connectivity index (χ0v) is 10.8. The largest absolute Gasteiger partial charge is 0.478 e. The smallest absolute Gasteiger partial charge is 0.336 e. The predicted octanol–water partition coefficient (Wildman–Crippen LogP) is 3.91. The van der Waals surface area contributed by atoms with Crippen molar-refractivity contribution in [3.63, 3.8) is 0 Å². The Kier molecular flexibility index (Phi) is 4.42. The monoisotopic (exact) mass is 238 g/mol. The average Bonchev–Trinajstić information content (AvgIpc) is 2.16. The first-order valence-corrected chi connectivity index (χ1v) is 6.34. The van der Waals surface area contributed by atoms with Crippen molar-refractivity contribution in [2.75, 3.05) is 5.75 Å². The van der Waals surface area contributed by atoms with Crippen LogP contribution in [0.5, 0.6) is 0 Å². The van der Waals surface area contributed by atoms with E-state index in [0.717, 1.165) is 17.1 Å². The first-order chi connectivity index (χ1) is 7.40. The summed E-state index contributed by atoms with van der Waals surface area (Å²) in [5.74, 6) is 0.104. The third-order valence-electron chi connectivity index (χ3n) is 2.23. The molecule has 0 aromatic heterocycles. The van der Waals surface area contributed by atoms with Crippen LogP contribution in [-0.4, -0.2) is 16.8 Å². The van der Waals surface area contributed by atoms with Gasteiger partial charge >= 0.3 is 5.97 Å². The first kappa shape index (κ1) is 13.1. The van der Waals surface area contributed by atoms with E-state index in [1.807, 2.05) is 12.1 Å². The van der Waals surface area contributed by atoms with Crippen molar-refractivity contribution in [3.8, 4) is 0 Å². The van der Waals surface area contributed by atoms with Gasteiger partial charge in [-0.05, 0) is 29.7 Å². The molecule has 0 unspecified atom stereocenters. The molecule has 0 saturated carbocycles. The van der Waals surface area contributed by atoms with Gasteiger partial charge in [0.25, 0.3) is 0 Å². The molecule has 0 radical (unpaired) electrons. The van der Waals surface area contributed by atoms with Crippen LogP contribution in [-0.2, 0) is 0 Å². The number of carboxylic acids is 1. The summed E-state index contributed by atoms with van der Waals surface area (Å²) in [5.41, 5.74) is 0.701. The second kappa shape index (κ2) is 5.39. The molecule has 0 aliphatic heterocycles. The second-order valence-corrected chi connectivity index (χ2v) is 6.10. The van der Waals surface area contributed by atoms with E-state index in [-0.39, 0.29) is 0 Å². The Balaban J connectivity index is 2.64. The number of benzene rings is 1. The summed E-state index contributed by atoms with van der Waals surface area (Å²) in [5, 5.41) is 9.01. The molecule has 0 aliphatic rings. The molecule has 16 heavy (non-hydrogen) atoms. The van der Waals surface area contributed by atoms with Crippen molar-refractivity contribution in [2.45, 2.75) is 32.1 Å². The molecule has 0 spiro atoms. The van der Waals surface area contributed by atoms with Gasteiger partial charge in [-0.1, -0.05) is 32.9 Å². The number of aromatic carboxylic acids is 1. The summed E-state index contributed by atoms with van der Waals surface area (Å²) in [6, 6.07) is 7.17. The minimum Gasteiger partial charge on any atom is -0.478 e. The summed E-state index contributed by atoms with van der Waals surface area (Å²) < 4.78 is 0. The Hall–Kier alpha value is -0.960. The highest BCUT2D eigenvalue weighted by Crippen LogP contribution is 2.27. The number of carbonyl (C=O) groups is 1. The zero-order valence-electron chi connectivity index (χ0n) is 9.99. The lowest BCUT2D eigenvalue weighted by Crippen LogP contribution is -2.06. The topological polar surface area (TPSA) is 37.3 Å². The van der Waals surface area contributed by atoms with Gasteiger partial charge in [0.05, 0.1) is 5.56 Å². The van der Waals surface area contributed by atoms with E-state index < -0.39 is 5.97 Å². The normalized spacial score (nSPS) is 11.4. The lowest BCUT2D eigenvalue weighted by atomic mass is 9.94. The molecule has 88 valence electrons. The van der Waals surface area contributed by atoms with E-state index in [1.165, 1.54) is 0 Å². The van der Waals surface area contributed by atoms with Crippen LogP contribution in [0.15, 0.2) is 29.2 Å². The maximum atomic E-state index is 11.0. The minimum atomic E-state index is -0.848. The molecule has 1 N–H and O–H groups in total. The maximum absolute atomic E-state index is 11.0. The predicted molar refractivity (Wildman–Crippen MR) is 68.2 cm³/mol. The van der Waals surface area contributed by atoms with E-state index in [0.29, 0.717) is 11.0 Å². The third-order valence-corrected chi connectivity index (χ3v) is 3.30. The van der Waals surface area contributed by atoms with Crippen LogP contribution in [0.2, 0.25) is 0 Å². The molecule has 0 aliphatic carbocycles. The molecular formula is C13H18O2S. The fourth-order valence-electron chi connectivity index (χ4n) is 1.24. The van der Waals surface area contributed by atoms with Crippen molar-refractivity contribution in [1.82, 2.24) is 0 Å². The molecule has 1 rings (SSSR count). The average molecular weight is 238 g/mol. The van der Waals surface area contributed by atoms with E-state index in [4.69, 9.17) is 5.11 Å². The highest BCUT2D eigenvalue weighted by Gasteiger charge is 2.12. The molecule has 0 atom stereocenters. The molecule has 3 heteroatoms. The van der Waals surface area contributed by atoms with Crippen LogP contribution in [0.3, 0.4) is 0 Å². The van der Waals surface area contributed by atoms with Crippen LogP contribution in [0.25, 0.3) is 0 Å². The number of rotatable bonds is 4. The van der Waals surface area contributed by atoms with Gasteiger partial charge < -0.3 is 5.11 Å². The fraction of sp³-hybridized carbons (Fsp3) is 0.462. The lowest BCUT2D eigenvalue weighted by Gasteiger charge is -2.17. The SMILES string of the molecule is CC(C)(C)CCSc1ccccc1C(=O)O. The van der Waals surface area contributed by atoms with E-state index in [2.05, 4.69) is 20.8 Å². The Labute approximate surface area is 101 Å². The number of thioether (sulfide) groups is 1. The highest BCUT2D eigenvalue weighted by molar-refractivity contribution is 7.99. The van der Waals surface area contributed by atoms with Crippen LogP contribution in [0, 0.1) is 5.41 Å². The van der Waals surface area contributed by atoms with Gasteiger partial charge in [0.2, 0.25) is 0 Å². The van der Waals surface area contributed by atoms with Gasteiger partial charge in [-0.3, -0.25) is 0 Å². The summed E-state index contributed by atoms with van der Waals surface area (Å²) in [4.78, 5) is 11.8. The summed E-state index contributed by atoms with van der Waals surface area (Å²) in [7, 11) is 0. The molecule has 0 fully saturated rings. The molecule has 0 heterocycles. The Morgan fingerprint density at radius 3 is 2.50 bits per heavy atom. The molecule has 0 bridgehead atoms. The quantitative estimate of drug-likeness (QED) is 0.808. The molecule has 1 aromatic carbocycles. The molecule has 0 saturated heterocycles. The van der Waals surface area contributed by atoms with E-state index in [1.54, 1.807) is 23.9 Å². The lowest BCUT2D eigenvalue weighted by molar-refractivity contribution is 0.0693. The van der Waals surface area contributed by atoms with Crippen molar-refractivity contribution >= 4 is 17.7 Å². The van der Waals surface area contributed by atoms with Crippen LogP contribution < -0.4 is 0 Å². The third kappa shape index (κ3) is 4.27. The van der Waals surface area contributed by atoms with Crippen LogP contribution in [0.4, 0.5) is 0 Å². The van der Waals surface area contributed by atoms with Crippen molar-refractivity contribution in [2.24, 2.45) is 5.41 Å². The van der Waals surface area contributed by atoms with Gasteiger partial charge in [-0.2, -0.15) is 0 Å². The van der Waals surface area contributed by atoms with Gasteiger partial charge in [-0.25, -0.2) is 4.79 Å². The Morgan fingerprint density at radius 2 is 1.94 bits per heavy atom. The van der Waals surface area contributed by atoms with Crippen molar-refractivity contribution in [3.05, 3.63) is 29.8 Å². The maximum Gasteiger partial charge on any atom is 0.336 e. The summed E-state index contributed by atoms with van der Waals surface area (Å²) in [6.45, 7) is 6.57. The summed E-state index contributed by atoms with van der Waals surface area (Å²) >= 11 is 1.62. The van der Waals surface area contributed by atoms with Gasteiger partial charge in [0.1, 0.15) is 0 Å². The standard InChI is InChI=1S/C13H18O2S/c1-13(2,3)8-9-16-11-7-5-4-6-10(11)12(14)15/h4-7H,8-9H2,1-3H3,(H,14,15). The van der Waals surface area contributed by atoms with Gasteiger partial charge in [-0.15, -0.1) is 11.8 Å². The zero-order chi connectivity index (χ0) is 12.2. The second-order valence-electron chi connectivity index (χ2n) is 4.96. The number of carboxylic acid groups (broad SMARTS) is 1. The first-order valence-electron chi connectivity index (χ1n) is 5.35. The van der Waals surface area contributed by atoms with Crippen molar-refractivity contribution < 1.29 is 9.90 Å². The molecule has 2 nitrogen and oxygen atoms in total. The van der Waals surface area contributed by atoms with Crippen LogP contribution in [0.1, 0.15) is 37.6 Å². The fourth-order valence-corrected chi connectivity index (χ4v) is 2.66. The molecule has 1 aromatic rings.